The maximum atomic E-state index is 5.81. The Morgan fingerprint density at radius 1 is 0.244 bits per heavy atom. The fourth-order valence-electron chi connectivity index (χ4n) is 7.46. The molecule has 0 radical (unpaired) electrons. The maximum absolute atomic E-state index is 5.81. The van der Waals surface area contributed by atoms with Crippen molar-refractivity contribution in [3.05, 3.63) is 158 Å². The number of fused-ring (bicyclic) bond motifs is 4. The summed E-state index contributed by atoms with van der Waals surface area (Å²) in [6, 6.07) is 53.2. The molecule has 6 aliphatic rings. The highest BCUT2D eigenvalue weighted by molar-refractivity contribution is 5.89. The molecular weight excluding hydrogens is 1080 g/mol. The molecule has 6 fully saturated rings. The molecule has 0 spiro atoms. The quantitative estimate of drug-likeness (QED) is 0.0758. The van der Waals surface area contributed by atoms with E-state index in [0.29, 0.717) is 51.8 Å². The molecule has 14 rings (SSSR count). The normalized spacial score (nSPS) is 18.2. The van der Waals surface area contributed by atoms with Crippen LogP contribution in [0.1, 0.15) is 111 Å². The van der Waals surface area contributed by atoms with Crippen LogP contribution in [0.2, 0.25) is 0 Å². The number of hydrogen-bond acceptors (Lipinski definition) is 12. The van der Waals surface area contributed by atoms with Gasteiger partial charge in [0, 0.05) is 5.39 Å². The highest BCUT2D eigenvalue weighted by Crippen LogP contribution is 2.31. The smallest absolute Gasteiger partial charge is 0.127 e. The Morgan fingerprint density at radius 3 is 0.779 bits per heavy atom. The molecule has 8 aromatic carbocycles. The molecule has 0 N–H and O–H groups in total. The second-order valence-electron chi connectivity index (χ2n) is 17.9. The largest absolute Gasteiger partial charge is 0.491 e. The average Bonchev–Trinajstić information content (AvgIpc) is 4.52. The zero-order chi connectivity index (χ0) is 62.9. The van der Waals surface area contributed by atoms with Gasteiger partial charge in [-0.15, -0.1) is 0 Å². The minimum Gasteiger partial charge on any atom is -0.491 e. The van der Waals surface area contributed by atoms with E-state index in [1.54, 1.807) is 0 Å². The summed E-state index contributed by atoms with van der Waals surface area (Å²) < 4.78 is 64.9. The number of hydrogen-bond donors (Lipinski definition) is 0. The van der Waals surface area contributed by atoms with E-state index in [1.807, 2.05) is 202 Å². The minimum absolute atomic E-state index is 0.270. The number of rotatable bonds is 18. The first kappa shape index (κ1) is 73.6. The molecule has 0 bridgehead atoms. The van der Waals surface area contributed by atoms with Crippen molar-refractivity contribution in [2.75, 3.05) is 79.3 Å². The second kappa shape index (κ2) is 43.9. The summed E-state index contributed by atoms with van der Waals surface area (Å²) in [7, 11) is 0. The predicted molar refractivity (Wildman–Crippen MR) is 358 cm³/mol. The molecule has 472 valence electrons. The van der Waals surface area contributed by atoms with E-state index in [4.69, 9.17) is 56.8 Å². The third-order valence-corrected chi connectivity index (χ3v) is 12.1. The van der Waals surface area contributed by atoms with Gasteiger partial charge in [0.2, 0.25) is 0 Å². The molecule has 6 aliphatic heterocycles. The van der Waals surface area contributed by atoms with Crippen LogP contribution >= 0.6 is 0 Å². The van der Waals surface area contributed by atoms with Crippen molar-refractivity contribution in [1.82, 2.24) is 0 Å². The average molecular weight is 1190 g/mol. The zero-order valence-corrected chi connectivity index (χ0v) is 54.9. The Bertz CT molecular complexity index is 2820. The second-order valence-corrected chi connectivity index (χ2v) is 17.9. The van der Waals surface area contributed by atoms with Crippen LogP contribution in [-0.4, -0.2) is 116 Å². The van der Waals surface area contributed by atoms with Gasteiger partial charge in [0.1, 0.15) is 111 Å². The molecule has 6 heterocycles. The van der Waals surface area contributed by atoms with Crippen LogP contribution in [0.25, 0.3) is 43.1 Å². The van der Waals surface area contributed by atoms with E-state index in [2.05, 4.69) is 66.7 Å². The molecule has 6 saturated heterocycles. The van der Waals surface area contributed by atoms with Crippen molar-refractivity contribution < 1.29 is 56.8 Å². The van der Waals surface area contributed by atoms with Crippen LogP contribution in [0, 0.1) is 0 Å². The maximum Gasteiger partial charge on any atom is 0.127 e. The molecule has 0 amide bonds. The van der Waals surface area contributed by atoms with E-state index in [0.717, 1.165) is 90.3 Å². The highest BCUT2D eigenvalue weighted by atomic mass is 16.6. The van der Waals surface area contributed by atoms with Crippen LogP contribution in [0.3, 0.4) is 0 Å². The van der Waals surface area contributed by atoms with Gasteiger partial charge in [-0.2, -0.15) is 0 Å². The number of benzene rings is 8. The van der Waals surface area contributed by atoms with Crippen molar-refractivity contribution in [3.63, 3.8) is 0 Å². The first-order chi connectivity index (χ1) is 42.6. The Hall–Kier alpha value is -6.64. The first-order valence-electron chi connectivity index (χ1n) is 32.1. The summed E-state index contributed by atoms with van der Waals surface area (Å²) >= 11 is 0. The molecule has 86 heavy (non-hydrogen) atoms. The lowest BCUT2D eigenvalue weighted by molar-refractivity contribution is 0.262. The SMILES string of the molecule is CC.CC.CC.CC.CC.CC.CC.CC.c1cc(OCC2CO2)c2ccc(OCC3CO3)cc2c1.c1cc2ccc(OCC3CO3)cc2cc1OCC1CO1.c1ccc2cc(OCC3CO3)ccc2c1.c1ccc2cc(OCC3CO3)ccc2c1. The van der Waals surface area contributed by atoms with Gasteiger partial charge in [-0.3, -0.25) is 0 Å². The van der Waals surface area contributed by atoms with Gasteiger partial charge in [0.15, 0.2) is 0 Å². The molecule has 0 saturated carbocycles. The van der Waals surface area contributed by atoms with Gasteiger partial charge in [0.25, 0.3) is 0 Å². The van der Waals surface area contributed by atoms with Crippen molar-refractivity contribution in [3.8, 4) is 34.5 Å². The Balaban J connectivity index is 0.000000280. The van der Waals surface area contributed by atoms with Crippen LogP contribution in [-0.2, 0) is 28.4 Å². The molecule has 0 aromatic heterocycles. The monoisotopic (exact) mass is 1180 g/mol. The van der Waals surface area contributed by atoms with Crippen molar-refractivity contribution in [2.24, 2.45) is 0 Å². The topological polar surface area (TPSA) is 131 Å². The molecule has 6 atom stereocenters. The van der Waals surface area contributed by atoms with Gasteiger partial charge in [0.05, 0.1) is 39.6 Å². The van der Waals surface area contributed by atoms with Gasteiger partial charge in [-0.25, -0.2) is 0 Å². The van der Waals surface area contributed by atoms with Gasteiger partial charge >= 0.3 is 0 Å². The van der Waals surface area contributed by atoms with Crippen molar-refractivity contribution in [1.29, 1.82) is 0 Å². The molecule has 6 unspecified atom stereocenters. The summed E-state index contributed by atoms with van der Waals surface area (Å²) in [5.41, 5.74) is 0. The fraction of sp³-hybridized carbons (Fsp3) is 0.459. The minimum atomic E-state index is 0.270. The number of epoxide rings is 6. The Kier molecular flexibility index (Phi) is 37.6. The lowest BCUT2D eigenvalue weighted by Crippen LogP contribution is -2.05. The van der Waals surface area contributed by atoms with E-state index in [9.17, 15) is 0 Å². The third-order valence-electron chi connectivity index (χ3n) is 12.1. The summed E-state index contributed by atoms with van der Waals surface area (Å²) in [5.74, 6) is 5.35. The van der Waals surface area contributed by atoms with Gasteiger partial charge in [-0.1, -0.05) is 196 Å². The standard InChI is InChI=1S/2C16H16O4.2C13H12O2.8C2H6/c1-3-13(17-7-15-9-19-15)5-12-6-14(4-2-11(1)12)18-8-16-10-20-16;1-2-11-6-12(17-7-13-8-18-13)4-5-15(11)16(3-1)20-10-14-9-19-14;2*1-2-4-11-7-12(6-5-10(11)3-1)14-8-13-9-15-13;8*1-2/h1-6,15-16H,7-10H2;1-6,13-14H,7-10H2;2*1-7,13H,8-9H2;8*1-2H3. The first-order valence-corrected chi connectivity index (χ1v) is 32.1. The van der Waals surface area contributed by atoms with E-state index >= 15 is 0 Å². The van der Waals surface area contributed by atoms with Crippen molar-refractivity contribution >= 4 is 43.1 Å². The van der Waals surface area contributed by atoms with E-state index in [-0.39, 0.29) is 24.4 Å². The molecule has 8 aromatic rings. The Labute approximate surface area is 516 Å². The molecule has 0 aliphatic carbocycles. The van der Waals surface area contributed by atoms with Gasteiger partial charge in [-0.05, 0) is 110 Å². The molecule has 12 nitrogen and oxygen atoms in total. The lowest BCUT2D eigenvalue weighted by atomic mass is 10.1. The summed E-state index contributed by atoms with van der Waals surface area (Å²) in [4.78, 5) is 0. The van der Waals surface area contributed by atoms with Gasteiger partial charge < -0.3 is 56.8 Å². The predicted octanol–water partition coefficient (Wildman–Crippen LogP) is 18.2. The van der Waals surface area contributed by atoms with E-state index in [1.165, 1.54) is 26.9 Å². The summed E-state index contributed by atoms with van der Waals surface area (Å²) in [5, 5.41) is 9.43. The summed E-state index contributed by atoms with van der Waals surface area (Å²) in [6.45, 7) is 40.8. The van der Waals surface area contributed by atoms with Crippen molar-refractivity contribution in [2.45, 2.75) is 147 Å². The third kappa shape index (κ3) is 28.3. The number of ether oxygens (including phenoxy) is 12. The van der Waals surface area contributed by atoms with Crippen LogP contribution in [0.5, 0.6) is 34.5 Å². The van der Waals surface area contributed by atoms with Crippen LogP contribution < -0.4 is 28.4 Å². The highest BCUT2D eigenvalue weighted by Gasteiger charge is 2.26. The van der Waals surface area contributed by atoms with Crippen LogP contribution in [0.4, 0.5) is 0 Å². The summed E-state index contributed by atoms with van der Waals surface area (Å²) in [6.07, 6.45) is 1.73. The molecule has 12 heteroatoms. The van der Waals surface area contributed by atoms with E-state index < -0.39 is 0 Å². The molecular formula is C74H104O12. The zero-order valence-electron chi connectivity index (χ0n) is 54.9. The lowest BCUT2D eigenvalue weighted by Gasteiger charge is -2.10. The fourth-order valence-corrected chi connectivity index (χ4v) is 7.46. The van der Waals surface area contributed by atoms with Crippen LogP contribution in [0.15, 0.2) is 158 Å². The Morgan fingerprint density at radius 2 is 0.477 bits per heavy atom.